The van der Waals surface area contributed by atoms with Gasteiger partial charge in [-0.05, 0) is 24.8 Å². The van der Waals surface area contributed by atoms with Gasteiger partial charge in [0, 0.05) is 13.0 Å². The number of carbonyl (C=O) groups is 1. The Morgan fingerprint density at radius 2 is 2.12 bits per heavy atom. The third kappa shape index (κ3) is 2.31. The molecule has 3 unspecified atom stereocenters. The van der Waals surface area contributed by atoms with E-state index >= 15 is 0 Å². The topological polar surface area (TPSA) is 44.1 Å². The molecule has 1 aliphatic rings. The van der Waals surface area contributed by atoms with Gasteiger partial charge in [-0.1, -0.05) is 30.3 Å². The van der Waals surface area contributed by atoms with E-state index < -0.39 is 0 Å². The van der Waals surface area contributed by atoms with Crippen LogP contribution in [0.1, 0.15) is 24.8 Å². The van der Waals surface area contributed by atoms with Crippen molar-refractivity contribution >= 4 is 5.91 Å². The molecule has 1 saturated carbocycles. The number of nitriles is 1. The molecule has 0 radical (unpaired) electrons. The van der Waals surface area contributed by atoms with Gasteiger partial charge >= 0.3 is 0 Å². The summed E-state index contributed by atoms with van der Waals surface area (Å²) in [5.41, 5.74) is 1.23. The van der Waals surface area contributed by atoms with E-state index in [1.807, 2.05) is 18.2 Å². The standard InChI is InChI=1S/C14H16N2O/c1-10(9-15)16(2)14(17)13-8-12(13)11-6-4-3-5-7-11/h3-7,10,12-13H,8H2,1-2H3. The summed E-state index contributed by atoms with van der Waals surface area (Å²) in [5.74, 6) is 0.503. The molecule has 0 spiro atoms. The van der Waals surface area contributed by atoms with E-state index in [2.05, 4.69) is 18.2 Å². The number of hydrogen-bond acceptors (Lipinski definition) is 2. The molecule has 0 aliphatic heterocycles. The SMILES string of the molecule is CC(C#N)N(C)C(=O)C1CC1c1ccccc1. The van der Waals surface area contributed by atoms with E-state index in [4.69, 9.17) is 5.26 Å². The Labute approximate surface area is 102 Å². The quantitative estimate of drug-likeness (QED) is 0.795. The number of carbonyl (C=O) groups excluding carboxylic acids is 1. The molecule has 88 valence electrons. The largest absolute Gasteiger partial charge is 0.330 e. The van der Waals surface area contributed by atoms with Gasteiger partial charge in [-0.25, -0.2) is 0 Å². The van der Waals surface area contributed by atoms with Crippen LogP contribution in [0.2, 0.25) is 0 Å². The van der Waals surface area contributed by atoms with Crippen LogP contribution in [0.25, 0.3) is 0 Å². The molecule has 1 aliphatic carbocycles. The molecule has 0 saturated heterocycles. The molecule has 1 aromatic carbocycles. The van der Waals surface area contributed by atoms with Gasteiger partial charge in [0.15, 0.2) is 0 Å². The number of rotatable bonds is 3. The zero-order valence-corrected chi connectivity index (χ0v) is 10.1. The normalized spacial score (nSPS) is 23.6. The molecule has 3 heteroatoms. The molecule has 2 rings (SSSR count). The lowest BCUT2D eigenvalue weighted by Gasteiger charge is -2.19. The molecule has 0 heterocycles. The third-order valence-electron chi connectivity index (χ3n) is 3.45. The zero-order valence-electron chi connectivity index (χ0n) is 10.1. The fourth-order valence-corrected chi connectivity index (χ4v) is 2.08. The fourth-order valence-electron chi connectivity index (χ4n) is 2.08. The van der Waals surface area contributed by atoms with Crippen LogP contribution in [0.4, 0.5) is 0 Å². The van der Waals surface area contributed by atoms with Gasteiger partial charge in [0.2, 0.25) is 5.91 Å². The summed E-state index contributed by atoms with van der Waals surface area (Å²) < 4.78 is 0. The molecule has 1 amide bonds. The Kier molecular flexibility index (Phi) is 3.14. The van der Waals surface area contributed by atoms with E-state index in [0.717, 1.165) is 6.42 Å². The Hall–Kier alpha value is -1.82. The monoisotopic (exact) mass is 228 g/mol. The Bertz CT molecular complexity index is 449. The van der Waals surface area contributed by atoms with Crippen LogP contribution < -0.4 is 0 Å². The second-order valence-corrected chi connectivity index (χ2v) is 4.61. The highest BCUT2D eigenvalue weighted by atomic mass is 16.2. The fraction of sp³-hybridized carbons (Fsp3) is 0.429. The van der Waals surface area contributed by atoms with Crippen molar-refractivity contribution in [1.29, 1.82) is 5.26 Å². The summed E-state index contributed by atoms with van der Waals surface area (Å²) in [4.78, 5) is 13.6. The van der Waals surface area contributed by atoms with Crippen LogP contribution in [-0.4, -0.2) is 23.9 Å². The van der Waals surface area contributed by atoms with Gasteiger partial charge in [-0.2, -0.15) is 5.26 Å². The summed E-state index contributed by atoms with van der Waals surface area (Å²) in [7, 11) is 1.70. The lowest BCUT2D eigenvalue weighted by Crippen LogP contribution is -2.35. The minimum atomic E-state index is -0.348. The highest BCUT2D eigenvalue weighted by molar-refractivity contribution is 5.83. The van der Waals surface area contributed by atoms with Crippen molar-refractivity contribution in [2.75, 3.05) is 7.05 Å². The van der Waals surface area contributed by atoms with Crippen molar-refractivity contribution < 1.29 is 4.79 Å². The first kappa shape index (κ1) is 11.7. The summed E-state index contributed by atoms with van der Waals surface area (Å²) in [5, 5.41) is 8.80. The van der Waals surface area contributed by atoms with Crippen LogP contribution in [0.3, 0.4) is 0 Å². The summed E-state index contributed by atoms with van der Waals surface area (Å²) >= 11 is 0. The van der Waals surface area contributed by atoms with Crippen LogP contribution in [0, 0.1) is 17.2 Å². The van der Waals surface area contributed by atoms with Crippen molar-refractivity contribution in [3.63, 3.8) is 0 Å². The molecule has 3 atom stereocenters. The zero-order chi connectivity index (χ0) is 12.4. The van der Waals surface area contributed by atoms with Gasteiger partial charge in [0.05, 0.1) is 6.07 Å². The molecular formula is C14H16N2O. The first-order valence-corrected chi connectivity index (χ1v) is 5.86. The maximum Gasteiger partial charge on any atom is 0.227 e. The minimum Gasteiger partial charge on any atom is -0.330 e. The van der Waals surface area contributed by atoms with Gasteiger partial charge in [0.25, 0.3) is 0 Å². The van der Waals surface area contributed by atoms with Crippen LogP contribution in [0.15, 0.2) is 30.3 Å². The van der Waals surface area contributed by atoms with Crippen molar-refractivity contribution in [1.82, 2.24) is 4.90 Å². The van der Waals surface area contributed by atoms with E-state index in [-0.39, 0.29) is 17.9 Å². The lowest BCUT2D eigenvalue weighted by molar-refractivity contribution is -0.132. The van der Waals surface area contributed by atoms with Crippen molar-refractivity contribution in [2.24, 2.45) is 5.92 Å². The Morgan fingerprint density at radius 1 is 1.47 bits per heavy atom. The second-order valence-electron chi connectivity index (χ2n) is 4.61. The average Bonchev–Trinajstić information content (AvgIpc) is 3.17. The van der Waals surface area contributed by atoms with E-state index in [1.54, 1.807) is 18.9 Å². The van der Waals surface area contributed by atoms with Crippen molar-refractivity contribution in [3.05, 3.63) is 35.9 Å². The predicted octanol–water partition coefficient (Wildman–Crippen LogP) is 2.16. The molecule has 0 bridgehead atoms. The Balaban J connectivity index is 2.00. The molecule has 3 nitrogen and oxygen atoms in total. The molecule has 0 N–H and O–H groups in total. The molecule has 1 aromatic rings. The average molecular weight is 228 g/mol. The van der Waals surface area contributed by atoms with Crippen molar-refractivity contribution in [2.45, 2.75) is 25.3 Å². The number of amides is 1. The van der Waals surface area contributed by atoms with Crippen LogP contribution in [0.5, 0.6) is 0 Å². The third-order valence-corrected chi connectivity index (χ3v) is 3.45. The van der Waals surface area contributed by atoms with Crippen molar-refractivity contribution in [3.8, 4) is 6.07 Å². The van der Waals surface area contributed by atoms with Crippen LogP contribution >= 0.6 is 0 Å². The van der Waals surface area contributed by atoms with E-state index in [0.29, 0.717) is 5.92 Å². The molecule has 1 fully saturated rings. The first-order valence-electron chi connectivity index (χ1n) is 5.86. The van der Waals surface area contributed by atoms with E-state index in [1.165, 1.54) is 5.56 Å². The number of nitrogens with zero attached hydrogens (tertiary/aromatic N) is 2. The first-order chi connectivity index (χ1) is 8.15. The predicted molar refractivity (Wildman–Crippen MR) is 65.1 cm³/mol. The Morgan fingerprint density at radius 3 is 2.71 bits per heavy atom. The maximum atomic E-state index is 12.1. The minimum absolute atomic E-state index is 0.0678. The summed E-state index contributed by atoms with van der Waals surface area (Å²) in [6.07, 6.45) is 0.908. The smallest absolute Gasteiger partial charge is 0.227 e. The number of hydrogen-bond donors (Lipinski definition) is 0. The van der Waals surface area contributed by atoms with Gasteiger partial charge in [-0.15, -0.1) is 0 Å². The van der Waals surface area contributed by atoms with E-state index in [9.17, 15) is 4.79 Å². The number of benzene rings is 1. The lowest BCUT2D eigenvalue weighted by atomic mass is 10.1. The summed E-state index contributed by atoms with van der Waals surface area (Å²) in [6.45, 7) is 1.75. The highest BCUT2D eigenvalue weighted by Crippen LogP contribution is 2.48. The highest BCUT2D eigenvalue weighted by Gasteiger charge is 2.45. The molecule has 17 heavy (non-hydrogen) atoms. The molecule has 0 aromatic heterocycles. The maximum absolute atomic E-state index is 12.1. The summed E-state index contributed by atoms with van der Waals surface area (Å²) in [6, 6.07) is 11.8. The molecular weight excluding hydrogens is 212 g/mol. The van der Waals surface area contributed by atoms with Gasteiger partial charge in [0.1, 0.15) is 6.04 Å². The van der Waals surface area contributed by atoms with Gasteiger partial charge in [-0.3, -0.25) is 4.79 Å². The second kappa shape index (κ2) is 4.58. The van der Waals surface area contributed by atoms with Crippen LogP contribution in [-0.2, 0) is 4.79 Å². The van der Waals surface area contributed by atoms with Gasteiger partial charge < -0.3 is 4.90 Å².